The maximum Gasteiger partial charge on any atom is 0.310 e. The zero-order valence-corrected chi connectivity index (χ0v) is 10.6. The fourth-order valence-electron chi connectivity index (χ4n) is 1.78. The first kappa shape index (κ1) is 13.3. The first-order valence-corrected chi connectivity index (χ1v) is 6.10. The minimum Gasteiger partial charge on any atom is -0.457 e. The van der Waals surface area contributed by atoms with Crippen molar-refractivity contribution in [3.05, 3.63) is 30.3 Å². The molecule has 0 bridgehead atoms. The molecule has 2 atom stereocenters. The van der Waals surface area contributed by atoms with Crippen molar-refractivity contribution in [3.63, 3.8) is 0 Å². The zero-order valence-electron chi connectivity index (χ0n) is 10.6. The highest BCUT2D eigenvalue weighted by molar-refractivity contribution is 5.98. The van der Waals surface area contributed by atoms with Crippen molar-refractivity contribution in [2.75, 3.05) is 11.9 Å². The molecule has 0 heterocycles. The van der Waals surface area contributed by atoms with Gasteiger partial charge >= 0.3 is 5.97 Å². The predicted octanol–water partition coefficient (Wildman–Crippen LogP) is 1.39. The third-order valence-electron chi connectivity index (χ3n) is 2.89. The average Bonchev–Trinajstić information content (AvgIpc) is 3.17. The molecule has 1 saturated carbocycles. The van der Waals surface area contributed by atoms with E-state index >= 15 is 0 Å². The van der Waals surface area contributed by atoms with Crippen molar-refractivity contribution in [1.82, 2.24) is 0 Å². The number of ether oxygens (including phenoxy) is 1. The number of esters is 1. The summed E-state index contributed by atoms with van der Waals surface area (Å²) in [7, 11) is 0. The Bertz CT molecular complexity index is 497. The SMILES string of the molecule is CC(=O)COC(=O)[C@@H]1C[C@H]1C(=O)Nc1ccccc1. The molecule has 1 amide bonds. The average molecular weight is 261 g/mol. The van der Waals surface area contributed by atoms with E-state index in [1.54, 1.807) is 12.1 Å². The maximum absolute atomic E-state index is 11.8. The van der Waals surface area contributed by atoms with Gasteiger partial charge < -0.3 is 10.1 Å². The Hall–Kier alpha value is -2.17. The second kappa shape index (κ2) is 5.65. The van der Waals surface area contributed by atoms with Gasteiger partial charge in [-0.15, -0.1) is 0 Å². The lowest BCUT2D eigenvalue weighted by atomic mass is 10.2. The normalized spacial score (nSPS) is 20.5. The van der Waals surface area contributed by atoms with Gasteiger partial charge in [0, 0.05) is 5.69 Å². The molecule has 1 aliphatic carbocycles. The van der Waals surface area contributed by atoms with Crippen LogP contribution in [0.25, 0.3) is 0 Å². The van der Waals surface area contributed by atoms with Crippen molar-refractivity contribution in [1.29, 1.82) is 0 Å². The van der Waals surface area contributed by atoms with Gasteiger partial charge in [0.15, 0.2) is 5.78 Å². The third kappa shape index (κ3) is 3.64. The van der Waals surface area contributed by atoms with E-state index in [9.17, 15) is 14.4 Å². The van der Waals surface area contributed by atoms with Crippen LogP contribution in [0.2, 0.25) is 0 Å². The van der Waals surface area contributed by atoms with Crippen LogP contribution in [-0.4, -0.2) is 24.3 Å². The molecule has 0 aliphatic heterocycles. The fraction of sp³-hybridized carbons (Fsp3) is 0.357. The van der Waals surface area contributed by atoms with Crippen LogP contribution in [0, 0.1) is 11.8 Å². The number of para-hydroxylation sites is 1. The molecule has 0 spiro atoms. The van der Waals surface area contributed by atoms with Crippen LogP contribution < -0.4 is 5.32 Å². The standard InChI is InChI=1S/C14H15NO4/c1-9(16)8-19-14(18)12-7-11(12)13(17)15-10-5-3-2-4-6-10/h2-6,11-12H,7-8H2,1H3,(H,15,17)/t11-,12-/m1/s1. The Balaban J connectivity index is 1.80. The minimum atomic E-state index is -0.469. The summed E-state index contributed by atoms with van der Waals surface area (Å²) in [6.07, 6.45) is 0.482. The van der Waals surface area contributed by atoms with Crippen molar-refractivity contribution in [2.45, 2.75) is 13.3 Å². The Morgan fingerprint density at radius 3 is 2.53 bits per heavy atom. The summed E-state index contributed by atoms with van der Waals surface area (Å²) in [6.45, 7) is 1.13. The maximum atomic E-state index is 11.8. The Labute approximate surface area is 110 Å². The molecule has 0 aromatic heterocycles. The Morgan fingerprint density at radius 2 is 1.89 bits per heavy atom. The summed E-state index contributed by atoms with van der Waals surface area (Å²) in [6, 6.07) is 9.06. The van der Waals surface area contributed by atoms with Gasteiger partial charge in [0.05, 0.1) is 11.8 Å². The predicted molar refractivity (Wildman–Crippen MR) is 68.3 cm³/mol. The number of benzene rings is 1. The van der Waals surface area contributed by atoms with Gasteiger partial charge in [-0.3, -0.25) is 14.4 Å². The molecule has 2 rings (SSSR count). The summed E-state index contributed by atoms with van der Waals surface area (Å²) >= 11 is 0. The number of anilines is 1. The van der Waals surface area contributed by atoms with Crippen molar-refractivity contribution < 1.29 is 19.1 Å². The molecule has 1 fully saturated rings. The van der Waals surface area contributed by atoms with E-state index in [0.717, 1.165) is 0 Å². The highest BCUT2D eigenvalue weighted by Crippen LogP contribution is 2.40. The minimum absolute atomic E-state index is 0.184. The van der Waals surface area contributed by atoms with Crippen molar-refractivity contribution >= 4 is 23.3 Å². The topological polar surface area (TPSA) is 72.5 Å². The van der Waals surface area contributed by atoms with E-state index in [4.69, 9.17) is 4.74 Å². The molecule has 19 heavy (non-hydrogen) atoms. The molecular formula is C14H15NO4. The van der Waals surface area contributed by atoms with E-state index in [1.807, 2.05) is 18.2 Å². The summed E-state index contributed by atoms with van der Waals surface area (Å²) in [5.74, 6) is -1.62. The lowest BCUT2D eigenvalue weighted by molar-refractivity contribution is -0.149. The smallest absolute Gasteiger partial charge is 0.310 e. The van der Waals surface area contributed by atoms with Gasteiger partial charge in [-0.1, -0.05) is 18.2 Å². The van der Waals surface area contributed by atoms with Gasteiger partial charge in [0.25, 0.3) is 0 Å². The second-order valence-corrected chi connectivity index (χ2v) is 4.61. The quantitative estimate of drug-likeness (QED) is 0.813. The van der Waals surface area contributed by atoms with Crippen LogP contribution in [0.1, 0.15) is 13.3 Å². The molecule has 0 radical (unpaired) electrons. The molecule has 0 saturated heterocycles. The number of nitrogens with one attached hydrogen (secondary N) is 1. The zero-order chi connectivity index (χ0) is 13.8. The van der Waals surface area contributed by atoms with Crippen LogP contribution in [0.15, 0.2) is 30.3 Å². The summed E-state index contributed by atoms with van der Waals surface area (Å²) in [4.78, 5) is 34.1. The first-order chi connectivity index (χ1) is 9.08. The van der Waals surface area contributed by atoms with Gasteiger partial charge in [-0.05, 0) is 25.5 Å². The molecule has 5 heteroatoms. The highest BCUT2D eigenvalue weighted by atomic mass is 16.5. The van der Waals surface area contributed by atoms with Crippen LogP contribution in [0.3, 0.4) is 0 Å². The number of hydrogen-bond donors (Lipinski definition) is 1. The summed E-state index contributed by atoms with van der Waals surface area (Å²) in [5, 5.41) is 2.74. The van der Waals surface area contributed by atoms with E-state index in [0.29, 0.717) is 12.1 Å². The number of Topliss-reactive ketones (excluding diaryl/α,β-unsaturated/α-hetero) is 1. The Kier molecular flexibility index (Phi) is 3.94. The Morgan fingerprint density at radius 1 is 1.21 bits per heavy atom. The van der Waals surface area contributed by atoms with E-state index in [2.05, 4.69) is 5.32 Å². The third-order valence-corrected chi connectivity index (χ3v) is 2.89. The molecule has 0 unspecified atom stereocenters. The van der Waals surface area contributed by atoms with Crippen molar-refractivity contribution in [2.24, 2.45) is 11.8 Å². The van der Waals surface area contributed by atoms with Gasteiger partial charge in [-0.2, -0.15) is 0 Å². The van der Waals surface area contributed by atoms with Crippen LogP contribution in [0.4, 0.5) is 5.69 Å². The lowest BCUT2D eigenvalue weighted by Crippen LogP contribution is -2.19. The number of hydrogen-bond acceptors (Lipinski definition) is 4. The summed E-state index contributed by atoms with van der Waals surface area (Å²) < 4.78 is 4.79. The fourth-order valence-corrected chi connectivity index (χ4v) is 1.78. The molecule has 1 N–H and O–H groups in total. The number of carbonyl (C=O) groups is 3. The highest BCUT2D eigenvalue weighted by Gasteiger charge is 2.49. The number of amides is 1. The second-order valence-electron chi connectivity index (χ2n) is 4.61. The van der Waals surface area contributed by atoms with E-state index < -0.39 is 11.9 Å². The number of ketones is 1. The monoisotopic (exact) mass is 261 g/mol. The molecule has 1 aromatic carbocycles. The van der Waals surface area contributed by atoms with Gasteiger partial charge in [0.2, 0.25) is 5.91 Å². The summed E-state index contributed by atoms with van der Waals surface area (Å²) in [5.41, 5.74) is 0.704. The van der Waals surface area contributed by atoms with Crippen LogP contribution in [-0.2, 0) is 19.1 Å². The number of carbonyl (C=O) groups excluding carboxylic acids is 3. The molecule has 1 aliphatic rings. The molecule has 100 valence electrons. The van der Waals surface area contributed by atoms with Crippen LogP contribution in [0.5, 0.6) is 0 Å². The molecule has 1 aromatic rings. The van der Waals surface area contributed by atoms with Crippen molar-refractivity contribution in [3.8, 4) is 0 Å². The van der Waals surface area contributed by atoms with Crippen LogP contribution >= 0.6 is 0 Å². The number of rotatable bonds is 5. The lowest BCUT2D eigenvalue weighted by Gasteiger charge is -2.04. The van der Waals surface area contributed by atoms with Gasteiger partial charge in [-0.25, -0.2) is 0 Å². The molecule has 5 nitrogen and oxygen atoms in total. The first-order valence-electron chi connectivity index (χ1n) is 6.10. The largest absolute Gasteiger partial charge is 0.457 e. The molecular weight excluding hydrogens is 246 g/mol. The van der Waals surface area contributed by atoms with E-state index in [-0.39, 0.29) is 24.2 Å². The van der Waals surface area contributed by atoms with Gasteiger partial charge in [0.1, 0.15) is 6.61 Å². The van der Waals surface area contributed by atoms with E-state index in [1.165, 1.54) is 6.92 Å².